The van der Waals surface area contributed by atoms with Gasteiger partial charge in [-0.3, -0.25) is 14.5 Å². The maximum Gasteiger partial charge on any atom is 0.416 e. The Kier molecular flexibility index (Phi) is 8.06. The molecule has 0 fully saturated rings. The standard InChI is InChI=1S/C24H23F3N2O4S/c1-15-13-28-23(34-15)22(32)17-6-4-8-19(12-17)33-20(9-10-29(2)14-21(30)31)16-5-3-7-18(11-16)24(25,26)27/h3-8,11-13,20H,9-10,14H2,1-2H3,(H,30,31). The molecule has 3 aromatic rings. The topological polar surface area (TPSA) is 79.7 Å². The first kappa shape index (κ1) is 25.4. The minimum Gasteiger partial charge on any atom is -0.486 e. The second-order valence-corrected chi connectivity index (χ2v) is 9.02. The van der Waals surface area contributed by atoms with Crippen molar-refractivity contribution in [2.24, 2.45) is 0 Å². The monoisotopic (exact) mass is 492 g/mol. The van der Waals surface area contributed by atoms with E-state index in [2.05, 4.69) is 4.98 Å². The molecule has 0 aliphatic heterocycles. The highest BCUT2D eigenvalue weighted by Crippen LogP contribution is 2.33. The molecule has 10 heteroatoms. The van der Waals surface area contributed by atoms with Gasteiger partial charge >= 0.3 is 12.1 Å². The number of nitrogens with zero attached hydrogens (tertiary/aromatic N) is 2. The Morgan fingerprint density at radius 1 is 1.18 bits per heavy atom. The molecule has 0 aliphatic carbocycles. The maximum absolute atomic E-state index is 13.3. The Morgan fingerprint density at radius 2 is 1.91 bits per heavy atom. The number of carbonyl (C=O) groups excluding carboxylic acids is 1. The Labute approximate surface area is 198 Å². The van der Waals surface area contributed by atoms with Crippen molar-refractivity contribution in [1.29, 1.82) is 0 Å². The van der Waals surface area contributed by atoms with Crippen LogP contribution in [0.25, 0.3) is 0 Å². The highest BCUT2D eigenvalue weighted by molar-refractivity contribution is 7.13. The first-order valence-electron chi connectivity index (χ1n) is 10.3. The normalized spacial score (nSPS) is 12.5. The van der Waals surface area contributed by atoms with Crippen LogP contribution in [0.5, 0.6) is 5.75 Å². The molecule has 0 spiro atoms. The molecule has 0 radical (unpaired) electrons. The van der Waals surface area contributed by atoms with Crippen LogP contribution in [-0.2, 0) is 11.0 Å². The fourth-order valence-corrected chi connectivity index (χ4v) is 4.04. The highest BCUT2D eigenvalue weighted by atomic mass is 32.1. The van der Waals surface area contributed by atoms with Crippen molar-refractivity contribution in [2.75, 3.05) is 20.1 Å². The molecule has 1 atom stereocenters. The summed E-state index contributed by atoms with van der Waals surface area (Å²) in [5.74, 6) is -0.981. The molecule has 3 rings (SSSR count). The van der Waals surface area contributed by atoms with Crippen LogP contribution in [0.3, 0.4) is 0 Å². The van der Waals surface area contributed by atoms with Crippen molar-refractivity contribution in [3.05, 3.63) is 81.3 Å². The SMILES string of the molecule is Cc1cnc(C(=O)c2cccc(OC(CCN(C)CC(=O)O)c3cccc(C(F)(F)F)c3)c2)s1. The molecule has 1 aromatic heterocycles. The van der Waals surface area contributed by atoms with E-state index in [1.807, 2.05) is 6.92 Å². The minimum atomic E-state index is -4.52. The number of ether oxygens (including phenoxy) is 1. The number of ketones is 1. The lowest BCUT2D eigenvalue weighted by atomic mass is 10.0. The first-order valence-corrected chi connectivity index (χ1v) is 11.2. The number of hydrogen-bond donors (Lipinski definition) is 1. The summed E-state index contributed by atoms with van der Waals surface area (Å²) in [4.78, 5) is 30.2. The molecule has 0 bridgehead atoms. The van der Waals surface area contributed by atoms with Gasteiger partial charge in [0.15, 0.2) is 5.01 Å². The largest absolute Gasteiger partial charge is 0.486 e. The van der Waals surface area contributed by atoms with Gasteiger partial charge in [0.05, 0.1) is 12.1 Å². The molecule has 2 aromatic carbocycles. The number of carbonyl (C=O) groups is 2. The second kappa shape index (κ2) is 10.8. The van der Waals surface area contributed by atoms with E-state index in [0.717, 1.165) is 17.0 Å². The molecule has 1 N–H and O–H groups in total. The molecule has 1 heterocycles. The second-order valence-electron chi connectivity index (χ2n) is 7.78. The van der Waals surface area contributed by atoms with E-state index in [1.54, 1.807) is 31.4 Å². The third-order valence-electron chi connectivity index (χ3n) is 4.95. The van der Waals surface area contributed by atoms with E-state index < -0.39 is 23.8 Å². The summed E-state index contributed by atoms with van der Waals surface area (Å²) in [6.45, 7) is 1.89. The van der Waals surface area contributed by atoms with Crippen LogP contribution in [0.15, 0.2) is 54.7 Å². The Balaban J connectivity index is 1.86. The number of halogens is 3. The van der Waals surface area contributed by atoms with Gasteiger partial charge in [0.2, 0.25) is 5.78 Å². The minimum absolute atomic E-state index is 0.216. The third-order valence-corrected chi connectivity index (χ3v) is 5.87. The molecular weight excluding hydrogens is 469 g/mol. The van der Waals surface area contributed by atoms with E-state index >= 15 is 0 Å². The van der Waals surface area contributed by atoms with E-state index in [0.29, 0.717) is 21.9 Å². The number of thiazole rings is 1. The number of carboxylic acids is 1. The van der Waals surface area contributed by atoms with Crippen molar-refractivity contribution in [1.82, 2.24) is 9.88 Å². The number of rotatable bonds is 10. The molecule has 0 amide bonds. The fourth-order valence-electron chi connectivity index (χ4n) is 3.31. The smallest absolute Gasteiger partial charge is 0.416 e. The van der Waals surface area contributed by atoms with Crippen LogP contribution in [0.1, 0.15) is 43.9 Å². The zero-order valence-corrected chi connectivity index (χ0v) is 19.3. The summed E-state index contributed by atoms with van der Waals surface area (Å²) >= 11 is 1.27. The van der Waals surface area contributed by atoms with Crippen LogP contribution in [-0.4, -0.2) is 46.9 Å². The van der Waals surface area contributed by atoms with E-state index in [-0.39, 0.29) is 25.3 Å². The number of alkyl halides is 3. The quantitative estimate of drug-likeness (QED) is 0.391. The number of carboxylic acid groups (broad SMARTS) is 1. The molecule has 34 heavy (non-hydrogen) atoms. The zero-order chi connectivity index (χ0) is 24.9. The molecule has 6 nitrogen and oxygen atoms in total. The summed E-state index contributed by atoms with van der Waals surface area (Å²) in [6, 6.07) is 11.2. The summed E-state index contributed by atoms with van der Waals surface area (Å²) in [6.07, 6.45) is -3.48. The van der Waals surface area contributed by atoms with Crippen LogP contribution in [0, 0.1) is 6.92 Å². The summed E-state index contributed by atoms with van der Waals surface area (Å²) < 4.78 is 45.8. The van der Waals surface area contributed by atoms with Crippen molar-refractivity contribution in [3.8, 4) is 5.75 Å². The third kappa shape index (κ3) is 6.88. The van der Waals surface area contributed by atoms with Crippen molar-refractivity contribution >= 4 is 23.1 Å². The number of likely N-dealkylation sites (N-methyl/N-ethyl adjacent to an activating group) is 1. The van der Waals surface area contributed by atoms with Crippen LogP contribution >= 0.6 is 11.3 Å². The van der Waals surface area contributed by atoms with Crippen molar-refractivity contribution in [2.45, 2.75) is 25.6 Å². The number of hydrogen-bond acceptors (Lipinski definition) is 6. The Hall–Kier alpha value is -3.24. The highest BCUT2D eigenvalue weighted by Gasteiger charge is 2.31. The van der Waals surface area contributed by atoms with Crippen LogP contribution < -0.4 is 4.74 Å². The number of aromatic nitrogens is 1. The lowest BCUT2D eigenvalue weighted by Crippen LogP contribution is -2.28. The van der Waals surface area contributed by atoms with Gasteiger partial charge in [-0.05, 0) is 43.8 Å². The molecule has 1 unspecified atom stereocenters. The van der Waals surface area contributed by atoms with Gasteiger partial charge in [0, 0.05) is 29.6 Å². The van der Waals surface area contributed by atoms with Gasteiger partial charge in [-0.25, -0.2) is 4.98 Å². The fraction of sp³-hybridized carbons (Fsp3) is 0.292. The van der Waals surface area contributed by atoms with Crippen molar-refractivity contribution in [3.63, 3.8) is 0 Å². The van der Waals surface area contributed by atoms with Crippen LogP contribution in [0.4, 0.5) is 13.2 Å². The lowest BCUT2D eigenvalue weighted by molar-refractivity contribution is -0.138. The van der Waals surface area contributed by atoms with E-state index in [9.17, 15) is 22.8 Å². The molecular formula is C24H23F3N2O4S. The molecule has 180 valence electrons. The maximum atomic E-state index is 13.3. The number of benzene rings is 2. The molecule has 0 saturated heterocycles. The average Bonchev–Trinajstić information content (AvgIpc) is 3.21. The summed E-state index contributed by atoms with van der Waals surface area (Å²) in [5, 5.41) is 9.30. The molecule has 0 aliphatic rings. The predicted molar refractivity (Wildman–Crippen MR) is 121 cm³/mol. The van der Waals surface area contributed by atoms with Gasteiger partial charge in [-0.2, -0.15) is 13.2 Å². The zero-order valence-electron chi connectivity index (χ0n) is 18.5. The first-order chi connectivity index (χ1) is 16.0. The summed E-state index contributed by atoms with van der Waals surface area (Å²) in [5.41, 5.74) is -0.163. The number of aliphatic carboxylic acids is 1. The Bertz CT molecular complexity index is 1160. The van der Waals surface area contributed by atoms with Gasteiger partial charge in [-0.15, -0.1) is 11.3 Å². The van der Waals surface area contributed by atoms with E-state index in [1.165, 1.54) is 34.4 Å². The summed E-state index contributed by atoms with van der Waals surface area (Å²) in [7, 11) is 1.60. The predicted octanol–water partition coefficient (Wildman–Crippen LogP) is 5.23. The average molecular weight is 493 g/mol. The number of aryl methyl sites for hydroxylation is 1. The van der Waals surface area contributed by atoms with Gasteiger partial charge in [0.1, 0.15) is 11.9 Å². The van der Waals surface area contributed by atoms with E-state index in [4.69, 9.17) is 9.84 Å². The van der Waals surface area contributed by atoms with Gasteiger partial charge in [0.25, 0.3) is 0 Å². The lowest BCUT2D eigenvalue weighted by Gasteiger charge is -2.23. The van der Waals surface area contributed by atoms with Crippen LogP contribution in [0.2, 0.25) is 0 Å². The molecule has 0 saturated carbocycles. The van der Waals surface area contributed by atoms with Gasteiger partial charge in [-0.1, -0.05) is 24.3 Å². The Morgan fingerprint density at radius 3 is 2.56 bits per heavy atom. The van der Waals surface area contributed by atoms with Crippen molar-refractivity contribution < 1.29 is 32.6 Å². The van der Waals surface area contributed by atoms with Gasteiger partial charge < -0.3 is 9.84 Å².